The number of hydrogen-bond donors (Lipinski definition) is 1. The smallest absolute Gasteiger partial charge is 0.319 e. The summed E-state index contributed by atoms with van der Waals surface area (Å²) in [7, 11) is 0. The Balaban J connectivity index is 1.81. The van der Waals surface area contributed by atoms with Crippen molar-refractivity contribution in [1.82, 2.24) is 4.90 Å². The maximum Gasteiger partial charge on any atom is 0.319 e. The van der Waals surface area contributed by atoms with Gasteiger partial charge < -0.3 is 14.4 Å². The summed E-state index contributed by atoms with van der Waals surface area (Å²) in [5.41, 5.74) is -0.409. The Morgan fingerprint density at radius 3 is 2.56 bits per heavy atom. The lowest BCUT2D eigenvalue weighted by Gasteiger charge is -2.45. The summed E-state index contributed by atoms with van der Waals surface area (Å²) in [5, 5.41) is 10.2. The van der Waals surface area contributed by atoms with E-state index in [9.17, 15) is 14.5 Å². The summed E-state index contributed by atoms with van der Waals surface area (Å²) in [5.74, 6) is 0.386. The molecule has 0 radical (unpaired) electrons. The number of aliphatic hydroxyl groups excluding tert-OH is 1. The highest BCUT2D eigenvalue weighted by Crippen LogP contribution is 2.34. The number of ether oxygens (including phenoxy) is 1. The van der Waals surface area contributed by atoms with E-state index in [2.05, 4.69) is 4.90 Å². The van der Waals surface area contributed by atoms with Crippen LogP contribution >= 0.6 is 0 Å². The Morgan fingerprint density at radius 2 is 2.04 bits per heavy atom. The zero-order chi connectivity index (χ0) is 17.9. The van der Waals surface area contributed by atoms with Crippen molar-refractivity contribution in [1.29, 1.82) is 0 Å². The number of carbonyl (C=O) groups excluding carboxylic acids is 1. The minimum atomic E-state index is -1.14. The molecule has 138 valence electrons. The van der Waals surface area contributed by atoms with Crippen molar-refractivity contribution in [2.75, 3.05) is 38.2 Å². The number of fused-ring (bicyclic) bond motifs is 3. The first-order chi connectivity index (χ1) is 12.0. The highest BCUT2D eigenvalue weighted by Gasteiger charge is 2.45. The van der Waals surface area contributed by atoms with Crippen molar-refractivity contribution in [3.8, 4) is 0 Å². The molecule has 6 heteroatoms. The van der Waals surface area contributed by atoms with Crippen LogP contribution in [0.2, 0.25) is 0 Å². The number of benzene rings is 1. The lowest BCUT2D eigenvalue weighted by Crippen LogP contribution is -2.54. The lowest BCUT2D eigenvalue weighted by molar-refractivity contribution is -0.167. The third-order valence-electron chi connectivity index (χ3n) is 5.66. The number of esters is 1. The molecule has 0 saturated carbocycles. The molecule has 1 N–H and O–H groups in total. The molecule has 1 unspecified atom stereocenters. The molecule has 3 fully saturated rings. The normalized spacial score (nSPS) is 29.0. The van der Waals surface area contributed by atoms with Crippen LogP contribution in [0, 0.1) is 5.92 Å². The Morgan fingerprint density at radius 1 is 1.36 bits per heavy atom. The quantitative estimate of drug-likeness (QED) is 0.583. The zero-order valence-corrected chi connectivity index (χ0v) is 15.5. The van der Waals surface area contributed by atoms with E-state index in [4.69, 9.17) is 4.74 Å². The number of carbonyl (C=O) groups is 1. The average Bonchev–Trinajstić information content (AvgIpc) is 2.64. The predicted molar refractivity (Wildman–Crippen MR) is 97.8 cm³/mol. The second-order valence-corrected chi connectivity index (χ2v) is 8.77. The first-order valence-corrected chi connectivity index (χ1v) is 10.7. The highest BCUT2D eigenvalue weighted by molar-refractivity contribution is 7.90. The topological polar surface area (TPSA) is 72.8 Å². The van der Waals surface area contributed by atoms with Crippen molar-refractivity contribution in [2.24, 2.45) is 5.92 Å². The fraction of sp³-hybridized carbons (Fsp3) is 0.632. The number of piperidine rings is 3. The van der Waals surface area contributed by atoms with Crippen molar-refractivity contribution < 1.29 is 19.2 Å². The van der Waals surface area contributed by atoms with Gasteiger partial charge in [-0.3, -0.25) is 9.69 Å². The van der Waals surface area contributed by atoms with Crippen molar-refractivity contribution in [2.45, 2.75) is 30.8 Å². The van der Waals surface area contributed by atoms with Gasteiger partial charge in [-0.15, -0.1) is 0 Å². The number of rotatable bonds is 7. The first-order valence-electron chi connectivity index (χ1n) is 8.95. The highest BCUT2D eigenvalue weighted by atomic mass is 32.2. The van der Waals surface area contributed by atoms with Crippen LogP contribution in [-0.4, -0.2) is 64.9 Å². The van der Waals surface area contributed by atoms with Crippen LogP contribution in [0.15, 0.2) is 30.3 Å². The standard InChI is InChI=1S/C19H27NO4S/c1-25(23)12-9-19(14-21,16-5-3-2-4-6-16)18(22)24-17-13-20-10-7-15(17)8-11-20/h2-6,15,17,21H,7-14H2,1H3/t17-,19+,25?/m0/s1. The van der Waals surface area contributed by atoms with E-state index in [0.717, 1.165) is 38.0 Å². The Labute approximate surface area is 152 Å². The van der Waals surface area contributed by atoms with Gasteiger partial charge in [0.1, 0.15) is 17.3 Å². The van der Waals surface area contributed by atoms with E-state index >= 15 is 0 Å². The molecule has 3 heterocycles. The molecule has 1 aromatic carbocycles. The second-order valence-electron chi connectivity index (χ2n) is 7.22. The van der Waals surface area contributed by atoms with Gasteiger partial charge in [-0.05, 0) is 37.4 Å². The summed E-state index contributed by atoms with van der Waals surface area (Å²) in [6, 6.07) is 9.26. The third-order valence-corrected chi connectivity index (χ3v) is 6.44. The molecule has 25 heavy (non-hydrogen) atoms. The van der Waals surface area contributed by atoms with Crippen LogP contribution in [0.3, 0.4) is 0 Å². The van der Waals surface area contributed by atoms with E-state index in [0.29, 0.717) is 18.1 Å². The summed E-state index contributed by atoms with van der Waals surface area (Å²) in [4.78, 5) is 15.5. The molecule has 3 aliphatic rings. The number of hydrogen-bond acceptors (Lipinski definition) is 5. The molecule has 5 nitrogen and oxygen atoms in total. The minimum Gasteiger partial charge on any atom is -0.617 e. The number of nitrogens with zero attached hydrogens (tertiary/aromatic N) is 1. The zero-order valence-electron chi connectivity index (χ0n) is 14.7. The lowest BCUT2D eigenvalue weighted by atomic mass is 9.78. The minimum absolute atomic E-state index is 0.100. The molecule has 4 rings (SSSR count). The maximum atomic E-state index is 13.2. The van der Waals surface area contributed by atoms with Gasteiger partial charge in [0, 0.05) is 13.0 Å². The van der Waals surface area contributed by atoms with Crippen LogP contribution in [0.4, 0.5) is 0 Å². The van der Waals surface area contributed by atoms with Gasteiger partial charge in [0.05, 0.1) is 12.9 Å². The molecule has 3 saturated heterocycles. The molecular weight excluding hydrogens is 338 g/mol. The molecule has 0 aliphatic carbocycles. The van der Waals surface area contributed by atoms with Crippen LogP contribution in [0.5, 0.6) is 0 Å². The average molecular weight is 365 g/mol. The van der Waals surface area contributed by atoms with Gasteiger partial charge in [0.15, 0.2) is 0 Å². The van der Waals surface area contributed by atoms with Crippen LogP contribution < -0.4 is 0 Å². The maximum absolute atomic E-state index is 13.2. The fourth-order valence-corrected chi connectivity index (χ4v) is 4.60. The molecule has 3 aliphatic heterocycles. The summed E-state index contributed by atoms with van der Waals surface area (Å²) < 4.78 is 17.6. The van der Waals surface area contributed by atoms with Gasteiger partial charge in [-0.1, -0.05) is 41.5 Å². The molecule has 1 aromatic rings. The van der Waals surface area contributed by atoms with Crippen molar-refractivity contribution >= 4 is 17.1 Å². The predicted octanol–water partition coefficient (Wildman–Crippen LogP) is 1.32. The van der Waals surface area contributed by atoms with E-state index in [1.807, 2.05) is 30.3 Å². The summed E-state index contributed by atoms with van der Waals surface area (Å²) in [6.45, 7) is 2.61. The molecule has 0 spiro atoms. The van der Waals surface area contributed by atoms with Crippen LogP contribution in [-0.2, 0) is 26.1 Å². The first kappa shape index (κ1) is 18.7. The third kappa shape index (κ3) is 4.03. The molecule has 0 aromatic heterocycles. The Kier molecular flexibility index (Phi) is 6.04. The monoisotopic (exact) mass is 365 g/mol. The molecular formula is C19H27NO4S. The van der Waals surface area contributed by atoms with E-state index < -0.39 is 16.6 Å². The van der Waals surface area contributed by atoms with Gasteiger partial charge in [-0.25, -0.2) is 0 Å². The number of aliphatic hydroxyl groups is 1. The van der Waals surface area contributed by atoms with Crippen molar-refractivity contribution in [3.63, 3.8) is 0 Å². The fourth-order valence-electron chi connectivity index (χ4n) is 3.97. The van der Waals surface area contributed by atoms with Crippen LogP contribution in [0.25, 0.3) is 0 Å². The molecule has 3 atom stereocenters. The van der Waals surface area contributed by atoms with Gasteiger partial charge >= 0.3 is 5.97 Å². The van der Waals surface area contributed by atoms with Crippen LogP contribution in [0.1, 0.15) is 24.8 Å². The molecule has 2 bridgehead atoms. The van der Waals surface area contributed by atoms with E-state index in [1.54, 1.807) is 6.26 Å². The second kappa shape index (κ2) is 8.08. The Hall–Kier alpha value is -1.08. The molecule has 0 amide bonds. The summed E-state index contributed by atoms with van der Waals surface area (Å²) >= 11 is -1.04. The van der Waals surface area contributed by atoms with Gasteiger partial charge in [-0.2, -0.15) is 0 Å². The van der Waals surface area contributed by atoms with Gasteiger partial charge in [0.25, 0.3) is 0 Å². The largest absolute Gasteiger partial charge is 0.617 e. The van der Waals surface area contributed by atoms with Gasteiger partial charge in [0.2, 0.25) is 0 Å². The Bertz CT molecular complexity index is 574. The summed E-state index contributed by atoms with van der Waals surface area (Å²) in [6.07, 6.45) is 3.96. The SMILES string of the molecule is C[S+]([O-])CC[C@](CO)(C(=O)O[C@H]1CN2CCC1CC2)c1ccccc1. The van der Waals surface area contributed by atoms with E-state index in [-0.39, 0.29) is 18.7 Å². The van der Waals surface area contributed by atoms with Crippen molar-refractivity contribution in [3.05, 3.63) is 35.9 Å². The van der Waals surface area contributed by atoms with E-state index in [1.165, 1.54) is 0 Å².